The largest absolute Gasteiger partial charge is 0.382 e. The molecule has 2 fully saturated rings. The van der Waals surface area contributed by atoms with Crippen LogP contribution in [0.25, 0.3) is 0 Å². The van der Waals surface area contributed by atoms with Crippen LogP contribution in [0.3, 0.4) is 0 Å². The maximum Gasteiger partial charge on any atom is 0.145 e. The Balaban J connectivity index is 1.37. The summed E-state index contributed by atoms with van der Waals surface area (Å²) < 4.78 is 1.95. The zero-order valence-electron chi connectivity index (χ0n) is 11.7. The molecule has 0 amide bonds. The molecule has 0 bridgehead atoms. The van der Waals surface area contributed by atoms with Gasteiger partial charge in [-0.05, 0) is 57.9 Å². The minimum Gasteiger partial charge on any atom is -0.382 e. The Kier molecular flexibility index (Phi) is 4.03. The molecule has 3 rings (SSSR count). The normalized spacial score (nSPS) is 25.4. The molecule has 1 unspecified atom stereocenters. The second kappa shape index (κ2) is 5.92. The highest BCUT2D eigenvalue weighted by molar-refractivity contribution is 5.23. The van der Waals surface area contributed by atoms with Crippen molar-refractivity contribution in [3.63, 3.8) is 0 Å². The van der Waals surface area contributed by atoms with Gasteiger partial charge in [-0.15, -0.1) is 0 Å². The van der Waals surface area contributed by atoms with Gasteiger partial charge in [0.2, 0.25) is 0 Å². The summed E-state index contributed by atoms with van der Waals surface area (Å²) in [7, 11) is 0. The van der Waals surface area contributed by atoms with E-state index in [1.54, 1.807) is 0 Å². The molecule has 106 valence electrons. The predicted octanol–water partition coefficient (Wildman–Crippen LogP) is 1.03. The lowest BCUT2D eigenvalue weighted by molar-refractivity contribution is 0.230. The highest BCUT2D eigenvalue weighted by Gasteiger charge is 2.28. The minimum absolute atomic E-state index is 0.621. The molecule has 2 saturated heterocycles. The number of rotatable bonds is 5. The molecular weight excluding hydrogens is 238 g/mol. The van der Waals surface area contributed by atoms with E-state index >= 15 is 0 Å². The Hall–Kier alpha value is -1.07. The molecule has 1 atom stereocenters. The van der Waals surface area contributed by atoms with E-state index in [-0.39, 0.29) is 0 Å². The van der Waals surface area contributed by atoms with Crippen molar-refractivity contribution >= 4 is 5.82 Å². The van der Waals surface area contributed by atoms with Crippen molar-refractivity contribution in [3.8, 4) is 0 Å². The molecule has 3 heterocycles. The number of aryl methyl sites for hydroxylation is 1. The van der Waals surface area contributed by atoms with Crippen LogP contribution in [0.15, 0.2) is 12.3 Å². The first-order valence-electron chi connectivity index (χ1n) is 7.56. The maximum absolute atomic E-state index is 5.61. The van der Waals surface area contributed by atoms with Crippen LogP contribution in [0.5, 0.6) is 0 Å². The van der Waals surface area contributed by atoms with Gasteiger partial charge in [0.15, 0.2) is 0 Å². The smallest absolute Gasteiger partial charge is 0.145 e. The van der Waals surface area contributed by atoms with Crippen molar-refractivity contribution in [2.24, 2.45) is 0 Å². The Labute approximate surface area is 115 Å². The highest BCUT2D eigenvalue weighted by Crippen LogP contribution is 2.20. The average molecular weight is 263 g/mol. The Bertz CT molecular complexity index is 396. The van der Waals surface area contributed by atoms with Crippen LogP contribution in [-0.4, -0.2) is 58.3 Å². The summed E-state index contributed by atoms with van der Waals surface area (Å²) in [6.45, 7) is 7.34. The number of likely N-dealkylation sites (tertiary alicyclic amines) is 2. The first kappa shape index (κ1) is 12.9. The van der Waals surface area contributed by atoms with Gasteiger partial charge in [0.1, 0.15) is 5.82 Å². The summed E-state index contributed by atoms with van der Waals surface area (Å²) in [5, 5.41) is 4.22. The van der Waals surface area contributed by atoms with Gasteiger partial charge in [-0.3, -0.25) is 9.58 Å². The quantitative estimate of drug-likeness (QED) is 0.862. The maximum atomic E-state index is 5.61. The van der Waals surface area contributed by atoms with Gasteiger partial charge in [0.05, 0.1) is 0 Å². The van der Waals surface area contributed by atoms with Crippen LogP contribution in [-0.2, 0) is 6.54 Å². The number of nitrogens with zero attached hydrogens (tertiary/aromatic N) is 4. The molecule has 0 aliphatic carbocycles. The lowest BCUT2D eigenvalue weighted by Gasteiger charge is -2.23. The van der Waals surface area contributed by atoms with Crippen molar-refractivity contribution in [2.45, 2.75) is 38.3 Å². The highest BCUT2D eigenvalue weighted by atomic mass is 15.3. The number of nitrogens with two attached hydrogens (primary N) is 1. The van der Waals surface area contributed by atoms with Gasteiger partial charge in [-0.1, -0.05) is 0 Å². The van der Waals surface area contributed by atoms with Gasteiger partial charge in [0, 0.05) is 25.3 Å². The number of hydrogen-bond donors (Lipinski definition) is 1. The Morgan fingerprint density at radius 1 is 1.21 bits per heavy atom. The van der Waals surface area contributed by atoms with Crippen molar-refractivity contribution in [1.29, 1.82) is 0 Å². The predicted molar refractivity (Wildman–Crippen MR) is 76.9 cm³/mol. The minimum atomic E-state index is 0.621. The molecular formula is C14H25N5. The number of anilines is 1. The molecule has 2 aliphatic rings. The van der Waals surface area contributed by atoms with E-state index in [1.165, 1.54) is 52.0 Å². The molecule has 0 radical (unpaired) electrons. The number of aromatic nitrogens is 2. The van der Waals surface area contributed by atoms with Crippen LogP contribution < -0.4 is 5.73 Å². The fraction of sp³-hybridized carbons (Fsp3) is 0.786. The van der Waals surface area contributed by atoms with Crippen LogP contribution in [0.1, 0.15) is 25.7 Å². The third-order valence-corrected chi connectivity index (χ3v) is 4.43. The van der Waals surface area contributed by atoms with E-state index in [9.17, 15) is 0 Å². The van der Waals surface area contributed by atoms with Crippen molar-refractivity contribution < 1.29 is 0 Å². The molecule has 2 aliphatic heterocycles. The first-order valence-corrected chi connectivity index (χ1v) is 7.56. The zero-order valence-corrected chi connectivity index (χ0v) is 11.7. The van der Waals surface area contributed by atoms with Crippen LogP contribution in [0.2, 0.25) is 0 Å². The van der Waals surface area contributed by atoms with E-state index in [2.05, 4.69) is 14.9 Å². The second-order valence-electron chi connectivity index (χ2n) is 5.84. The number of nitrogen functional groups attached to an aromatic ring is 1. The third kappa shape index (κ3) is 3.28. The summed E-state index contributed by atoms with van der Waals surface area (Å²) in [4.78, 5) is 5.30. The fourth-order valence-electron chi connectivity index (χ4n) is 3.38. The lowest BCUT2D eigenvalue weighted by Crippen LogP contribution is -2.35. The average Bonchev–Trinajstić information content (AvgIpc) is 3.09. The van der Waals surface area contributed by atoms with E-state index in [1.807, 2.05) is 16.9 Å². The van der Waals surface area contributed by atoms with Crippen molar-refractivity contribution in [3.05, 3.63) is 12.3 Å². The summed E-state index contributed by atoms with van der Waals surface area (Å²) >= 11 is 0. The van der Waals surface area contributed by atoms with Gasteiger partial charge in [-0.25, -0.2) is 0 Å². The summed E-state index contributed by atoms with van der Waals surface area (Å²) in [6.07, 6.45) is 7.28. The molecule has 0 aromatic carbocycles. The molecule has 0 spiro atoms. The van der Waals surface area contributed by atoms with Crippen molar-refractivity contribution in [2.75, 3.05) is 38.5 Å². The van der Waals surface area contributed by atoms with Crippen LogP contribution >= 0.6 is 0 Å². The van der Waals surface area contributed by atoms with Crippen molar-refractivity contribution in [1.82, 2.24) is 19.6 Å². The summed E-state index contributed by atoms with van der Waals surface area (Å²) in [6, 6.07) is 2.68. The molecule has 1 aromatic rings. The SMILES string of the molecule is Nc1ccn(CCCN2CCC(N3CCCC3)C2)n1. The van der Waals surface area contributed by atoms with E-state index in [0.29, 0.717) is 5.82 Å². The lowest BCUT2D eigenvalue weighted by atomic mass is 10.2. The van der Waals surface area contributed by atoms with Crippen LogP contribution in [0, 0.1) is 0 Å². The molecule has 19 heavy (non-hydrogen) atoms. The summed E-state index contributed by atoms with van der Waals surface area (Å²) in [5.41, 5.74) is 5.61. The topological polar surface area (TPSA) is 50.3 Å². The first-order chi connectivity index (χ1) is 9.31. The third-order valence-electron chi connectivity index (χ3n) is 4.43. The van der Waals surface area contributed by atoms with Gasteiger partial charge >= 0.3 is 0 Å². The second-order valence-corrected chi connectivity index (χ2v) is 5.84. The van der Waals surface area contributed by atoms with E-state index < -0.39 is 0 Å². The van der Waals surface area contributed by atoms with Gasteiger partial charge in [-0.2, -0.15) is 5.10 Å². The molecule has 2 N–H and O–H groups in total. The monoisotopic (exact) mass is 263 g/mol. The summed E-state index contributed by atoms with van der Waals surface area (Å²) in [5.74, 6) is 0.621. The zero-order chi connectivity index (χ0) is 13.1. The standard InChI is InChI=1S/C14H25N5/c15-14-5-11-19(16-14)9-3-6-17-10-4-13(12-17)18-7-1-2-8-18/h5,11,13H,1-4,6-10,12H2,(H2,15,16). The van der Waals surface area contributed by atoms with Gasteiger partial charge in [0.25, 0.3) is 0 Å². The fourth-order valence-corrected chi connectivity index (χ4v) is 3.38. The Morgan fingerprint density at radius 3 is 2.79 bits per heavy atom. The number of hydrogen-bond acceptors (Lipinski definition) is 4. The molecule has 1 aromatic heterocycles. The van der Waals surface area contributed by atoms with Crippen LogP contribution in [0.4, 0.5) is 5.82 Å². The molecule has 5 nitrogen and oxygen atoms in total. The molecule has 0 saturated carbocycles. The van der Waals surface area contributed by atoms with Gasteiger partial charge < -0.3 is 10.6 Å². The van der Waals surface area contributed by atoms with E-state index in [4.69, 9.17) is 5.73 Å². The Morgan fingerprint density at radius 2 is 2.05 bits per heavy atom. The molecule has 5 heteroatoms. The van der Waals surface area contributed by atoms with E-state index in [0.717, 1.165) is 19.0 Å².